The second kappa shape index (κ2) is 5.49. The van der Waals surface area contributed by atoms with E-state index in [4.69, 9.17) is 19.2 Å². The summed E-state index contributed by atoms with van der Waals surface area (Å²) in [5.74, 6) is 0. The Morgan fingerprint density at radius 1 is 1.14 bits per heavy atom. The average Bonchev–Trinajstić information content (AvgIpc) is 0.722. The number of hydrogen-bond donors (Lipinski definition) is 0. The molecule has 0 aliphatic heterocycles. The van der Waals surface area contributed by atoms with E-state index in [-0.39, 0.29) is 39.1 Å². The third-order valence-electron chi connectivity index (χ3n) is 0. The molecule has 0 aliphatic carbocycles. The maximum absolute atomic E-state index is 8.55. The van der Waals surface area contributed by atoms with E-state index in [1.165, 1.54) is 0 Å². The van der Waals surface area contributed by atoms with Crippen LogP contribution >= 0.6 is 7.82 Å². The third-order valence-corrected chi connectivity index (χ3v) is 0. The van der Waals surface area contributed by atoms with Crippen LogP contribution in [0.2, 0.25) is 0 Å². The Labute approximate surface area is 66.2 Å². The summed E-state index contributed by atoms with van der Waals surface area (Å²) >= 11 is 0. The van der Waals surface area contributed by atoms with Gasteiger partial charge in [0.15, 0.2) is 0 Å². The molecule has 4 nitrogen and oxygen atoms in total. The van der Waals surface area contributed by atoms with Crippen LogP contribution in [-0.4, -0.2) is 17.4 Å². The summed E-state index contributed by atoms with van der Waals surface area (Å²) in [5.41, 5.74) is 0. The van der Waals surface area contributed by atoms with Crippen LogP contribution in [-0.2, 0) is 26.3 Å². The monoisotopic (exact) mass is 170 g/mol. The third kappa shape index (κ3) is 115. The molecule has 7 heteroatoms. The zero-order valence-electron chi connectivity index (χ0n) is 3.16. The molecule has 0 aromatic rings. The van der Waals surface area contributed by atoms with Crippen LogP contribution < -0.4 is 14.7 Å². The first-order valence-electron chi connectivity index (χ1n) is 0.730. The van der Waals surface area contributed by atoms with Gasteiger partial charge in [-0.25, -0.2) is 0 Å². The minimum Gasteiger partial charge on any atom is -0.822 e. The Kier molecular flexibility index (Phi) is 12.4. The zero-order valence-corrected chi connectivity index (χ0v) is 6.77. The van der Waals surface area contributed by atoms with Crippen molar-refractivity contribution in [2.75, 3.05) is 0 Å². The Bertz CT molecular complexity index is 57.8. The van der Waals surface area contributed by atoms with Crippen LogP contribution in [0.25, 0.3) is 0 Å². The normalized spacial score (nSPS) is 8.43. The summed E-state index contributed by atoms with van der Waals surface area (Å²) in [4.78, 5) is 25.6. The fourth-order valence-electron chi connectivity index (χ4n) is 0. The van der Waals surface area contributed by atoms with Crippen LogP contribution in [0.4, 0.5) is 0 Å². The van der Waals surface area contributed by atoms with E-state index in [1.807, 2.05) is 0 Å². The minimum absolute atomic E-state index is 0. The van der Waals surface area contributed by atoms with Crippen molar-refractivity contribution >= 4 is 25.2 Å². The quantitative estimate of drug-likeness (QED) is 0.282. The van der Waals surface area contributed by atoms with Crippen LogP contribution in [0.5, 0.6) is 0 Å². The van der Waals surface area contributed by atoms with Gasteiger partial charge in [-0.05, 0) is 0 Å². The van der Waals surface area contributed by atoms with Crippen molar-refractivity contribution in [1.29, 1.82) is 0 Å². The van der Waals surface area contributed by atoms with Gasteiger partial charge in [-0.1, -0.05) is 0 Å². The topological polar surface area (TPSA) is 86.2 Å². The van der Waals surface area contributed by atoms with Crippen molar-refractivity contribution in [3.63, 3.8) is 0 Å². The van der Waals surface area contributed by atoms with Crippen LogP contribution in [0.3, 0.4) is 0 Å². The molecule has 0 fully saturated rings. The van der Waals surface area contributed by atoms with Crippen molar-refractivity contribution in [3.8, 4) is 0 Å². The molecule has 0 amide bonds. The summed E-state index contributed by atoms with van der Waals surface area (Å²) in [6.45, 7) is 0. The average molecular weight is 170 g/mol. The van der Waals surface area contributed by atoms with Gasteiger partial charge in [0.2, 0.25) is 0 Å². The van der Waals surface area contributed by atoms with E-state index in [2.05, 4.69) is 0 Å². The molecule has 0 spiro atoms. The first kappa shape index (κ1) is 15.8. The summed E-state index contributed by atoms with van der Waals surface area (Å²) in [6, 6.07) is 0. The maximum Gasteiger partial charge on any atom is 3.00 e. The van der Waals surface area contributed by atoms with Gasteiger partial charge in [0.1, 0.15) is 0 Å². The van der Waals surface area contributed by atoms with Gasteiger partial charge in [-0.3, -0.25) is 0 Å². The predicted molar refractivity (Wildman–Crippen MR) is 13.4 cm³/mol. The van der Waals surface area contributed by atoms with Gasteiger partial charge in [-0.15, -0.1) is 0 Å². The predicted octanol–water partition coefficient (Wildman–Crippen LogP) is -3.21. The van der Waals surface area contributed by atoms with Gasteiger partial charge >= 0.3 is 39.1 Å². The van der Waals surface area contributed by atoms with Crippen LogP contribution in [0.1, 0.15) is 0 Å². The van der Waals surface area contributed by atoms with Crippen molar-refractivity contribution < 1.29 is 41.0 Å². The molecular formula is AlO4PTi+2. The maximum atomic E-state index is 8.55. The molecule has 0 atom stereocenters. The molecule has 0 rings (SSSR count). The molecule has 0 aromatic carbocycles. The molecule has 0 saturated carbocycles. The standard InChI is InChI=1S/Al.H3O4P.Ti/c;1-5(2,3)4;/h;(H3,1,2,3,4);/q+3;;+2/p-3. The van der Waals surface area contributed by atoms with Gasteiger partial charge in [-0.2, -0.15) is 7.82 Å². The second-order valence-electron chi connectivity index (χ2n) is 0.447. The van der Waals surface area contributed by atoms with E-state index in [1.54, 1.807) is 0 Å². The van der Waals surface area contributed by atoms with Crippen LogP contribution in [0, 0.1) is 0 Å². The number of phosphoric acid groups is 1. The molecule has 0 N–H and O–H groups in total. The van der Waals surface area contributed by atoms with E-state index < -0.39 is 7.82 Å². The van der Waals surface area contributed by atoms with Crippen molar-refractivity contribution in [2.45, 2.75) is 0 Å². The van der Waals surface area contributed by atoms with Gasteiger partial charge in [0, 0.05) is 0 Å². The van der Waals surface area contributed by atoms with Crippen molar-refractivity contribution in [3.05, 3.63) is 0 Å². The van der Waals surface area contributed by atoms with E-state index in [0.717, 1.165) is 0 Å². The second-order valence-corrected chi connectivity index (χ2v) is 1.34. The molecule has 0 saturated heterocycles. The first-order chi connectivity index (χ1) is 2.00. The van der Waals surface area contributed by atoms with E-state index >= 15 is 0 Å². The Morgan fingerprint density at radius 3 is 1.14 bits per heavy atom. The molecule has 34 valence electrons. The van der Waals surface area contributed by atoms with E-state index in [0.29, 0.717) is 0 Å². The molecule has 0 bridgehead atoms. The molecule has 0 unspecified atom stereocenters. The van der Waals surface area contributed by atoms with Crippen molar-refractivity contribution in [1.82, 2.24) is 0 Å². The molecular weight excluding hydrogens is 170 g/mol. The molecule has 0 aliphatic rings. The van der Waals surface area contributed by atoms with E-state index in [9.17, 15) is 0 Å². The van der Waals surface area contributed by atoms with Gasteiger partial charge in [0.05, 0.1) is 0 Å². The zero-order chi connectivity index (χ0) is 4.50. The van der Waals surface area contributed by atoms with Gasteiger partial charge < -0.3 is 19.2 Å². The summed E-state index contributed by atoms with van der Waals surface area (Å²) in [5, 5.41) is 0. The molecule has 7 heavy (non-hydrogen) atoms. The SMILES string of the molecule is O=P([O-])([O-])[O-].[Al+3].[Ti+2]. The Hall–Kier alpha value is 1.36. The fourth-order valence-corrected chi connectivity index (χ4v) is 0. The fraction of sp³-hybridized carbons (Fsp3) is 0. The van der Waals surface area contributed by atoms with Crippen molar-refractivity contribution in [2.24, 2.45) is 0 Å². The van der Waals surface area contributed by atoms with Gasteiger partial charge in [0.25, 0.3) is 0 Å². The first-order valence-corrected chi connectivity index (χ1v) is 2.19. The molecule has 0 heterocycles. The summed E-state index contributed by atoms with van der Waals surface area (Å²) in [6.07, 6.45) is 0. The summed E-state index contributed by atoms with van der Waals surface area (Å²) < 4.78 is 8.55. The Morgan fingerprint density at radius 2 is 1.14 bits per heavy atom. The van der Waals surface area contributed by atoms with Crippen LogP contribution in [0.15, 0.2) is 0 Å². The minimum atomic E-state index is -5.39. The number of rotatable bonds is 0. The smallest absolute Gasteiger partial charge is 0.822 e. The molecule has 0 radical (unpaired) electrons. The number of hydrogen-bond acceptors (Lipinski definition) is 4. The summed E-state index contributed by atoms with van der Waals surface area (Å²) in [7, 11) is -5.39. The largest absolute Gasteiger partial charge is 3.00 e. The molecule has 0 aromatic heterocycles. The Balaban J connectivity index is -0.0000000800.